The maximum Gasteiger partial charge on any atom is 0.228 e. The number of rotatable bonds is 4. The molecule has 0 radical (unpaired) electrons. The summed E-state index contributed by atoms with van der Waals surface area (Å²) in [5, 5.41) is 12.0. The van der Waals surface area contributed by atoms with Crippen LogP contribution in [0, 0.1) is 6.92 Å². The molecule has 0 aromatic carbocycles. The highest BCUT2D eigenvalue weighted by Crippen LogP contribution is 2.14. The number of likely N-dealkylation sites (N-methyl/N-ethyl adjacent to an activating group) is 1. The van der Waals surface area contributed by atoms with Gasteiger partial charge >= 0.3 is 0 Å². The number of carbonyl (C=O) groups excluding carboxylic acids is 1. The largest absolute Gasteiger partial charge is 0.394 e. The van der Waals surface area contributed by atoms with E-state index in [4.69, 9.17) is 0 Å². The highest BCUT2D eigenvalue weighted by atomic mass is 32.1. The van der Waals surface area contributed by atoms with Crippen LogP contribution in [0.3, 0.4) is 0 Å². The first-order valence-corrected chi connectivity index (χ1v) is 6.03. The molecular weight excluding hydrogens is 224 g/mol. The highest BCUT2D eigenvalue weighted by Gasteiger charge is 2.26. The fourth-order valence-electron chi connectivity index (χ4n) is 1.21. The zero-order chi connectivity index (χ0) is 12.3. The average molecular weight is 242 g/mol. The molecule has 0 spiro atoms. The van der Waals surface area contributed by atoms with Gasteiger partial charge in [-0.15, -0.1) is 11.3 Å². The standard InChI is InChI=1S/C11H18N2O2S/c1-8-12-9(6-16-8)5-10(15)13(4)11(2,3)7-14/h6,14H,5,7H2,1-4H3. The van der Waals surface area contributed by atoms with Gasteiger partial charge in [0.25, 0.3) is 0 Å². The predicted octanol–water partition coefficient (Wildman–Crippen LogP) is 1.22. The number of aryl methyl sites for hydroxylation is 1. The Morgan fingerprint density at radius 2 is 2.25 bits per heavy atom. The van der Waals surface area contributed by atoms with E-state index < -0.39 is 5.54 Å². The molecule has 0 atom stereocenters. The molecular formula is C11H18N2O2S. The molecule has 0 fully saturated rings. The van der Waals surface area contributed by atoms with E-state index in [2.05, 4.69) is 4.98 Å². The summed E-state index contributed by atoms with van der Waals surface area (Å²) in [7, 11) is 1.71. The number of aliphatic hydroxyl groups excluding tert-OH is 1. The molecule has 5 heteroatoms. The smallest absolute Gasteiger partial charge is 0.228 e. The number of carbonyl (C=O) groups is 1. The molecule has 90 valence electrons. The third-order valence-corrected chi connectivity index (χ3v) is 3.49. The molecule has 4 nitrogen and oxygen atoms in total. The first-order chi connectivity index (χ1) is 7.36. The van der Waals surface area contributed by atoms with Crippen molar-refractivity contribution in [2.45, 2.75) is 32.7 Å². The van der Waals surface area contributed by atoms with Crippen molar-refractivity contribution >= 4 is 17.2 Å². The summed E-state index contributed by atoms with van der Waals surface area (Å²) in [6.07, 6.45) is 0.296. The number of amides is 1. The van der Waals surface area contributed by atoms with Crippen LogP contribution in [-0.2, 0) is 11.2 Å². The van der Waals surface area contributed by atoms with Gasteiger partial charge in [-0.1, -0.05) is 0 Å². The molecule has 0 aliphatic rings. The molecule has 1 amide bonds. The fourth-order valence-corrected chi connectivity index (χ4v) is 1.82. The molecule has 16 heavy (non-hydrogen) atoms. The number of hydrogen-bond acceptors (Lipinski definition) is 4. The van der Waals surface area contributed by atoms with Crippen LogP contribution < -0.4 is 0 Å². The van der Waals surface area contributed by atoms with Gasteiger partial charge in [0.05, 0.1) is 29.3 Å². The lowest BCUT2D eigenvalue weighted by Gasteiger charge is -2.33. The molecule has 1 aromatic rings. The van der Waals surface area contributed by atoms with Crippen molar-refractivity contribution in [2.24, 2.45) is 0 Å². The van der Waals surface area contributed by atoms with E-state index in [1.807, 2.05) is 26.2 Å². The lowest BCUT2D eigenvalue weighted by Crippen LogP contribution is -2.48. The Kier molecular flexibility index (Phi) is 4.04. The van der Waals surface area contributed by atoms with Gasteiger partial charge in [-0.2, -0.15) is 0 Å². The van der Waals surface area contributed by atoms with Crippen molar-refractivity contribution in [3.8, 4) is 0 Å². The van der Waals surface area contributed by atoms with Crippen molar-refractivity contribution in [1.29, 1.82) is 0 Å². The Bertz CT molecular complexity index is 374. The number of aliphatic hydroxyl groups is 1. The van der Waals surface area contributed by atoms with Crippen LogP contribution in [0.1, 0.15) is 24.5 Å². The predicted molar refractivity (Wildman–Crippen MR) is 64.5 cm³/mol. The highest BCUT2D eigenvalue weighted by molar-refractivity contribution is 7.09. The molecule has 0 aliphatic heterocycles. The maximum atomic E-state index is 11.9. The van der Waals surface area contributed by atoms with Gasteiger partial charge in [0.1, 0.15) is 0 Å². The second-order valence-corrected chi connectivity index (χ2v) is 5.52. The third-order valence-electron chi connectivity index (χ3n) is 2.67. The fraction of sp³-hybridized carbons (Fsp3) is 0.636. The third kappa shape index (κ3) is 3.02. The van der Waals surface area contributed by atoms with Gasteiger partial charge in [-0.05, 0) is 20.8 Å². The SMILES string of the molecule is Cc1nc(CC(=O)N(C)C(C)(C)CO)cs1. The Hall–Kier alpha value is -0.940. The van der Waals surface area contributed by atoms with Crippen molar-refractivity contribution in [1.82, 2.24) is 9.88 Å². The molecule has 0 unspecified atom stereocenters. The summed E-state index contributed by atoms with van der Waals surface area (Å²) < 4.78 is 0. The van der Waals surface area contributed by atoms with Gasteiger partial charge in [0.2, 0.25) is 5.91 Å². The molecule has 0 saturated carbocycles. The molecule has 1 rings (SSSR count). The number of nitrogens with zero attached hydrogens (tertiary/aromatic N) is 2. The molecule has 0 saturated heterocycles. The quantitative estimate of drug-likeness (QED) is 0.864. The zero-order valence-electron chi connectivity index (χ0n) is 10.1. The summed E-state index contributed by atoms with van der Waals surface area (Å²) in [6.45, 7) is 5.53. The van der Waals surface area contributed by atoms with Gasteiger partial charge in [0, 0.05) is 12.4 Å². The number of aromatic nitrogens is 1. The second-order valence-electron chi connectivity index (χ2n) is 4.46. The lowest BCUT2D eigenvalue weighted by atomic mass is 10.0. The summed E-state index contributed by atoms with van der Waals surface area (Å²) in [6, 6.07) is 0. The molecule has 1 heterocycles. The topological polar surface area (TPSA) is 53.4 Å². The minimum atomic E-state index is -0.526. The van der Waals surface area contributed by atoms with Crippen LogP contribution in [0.15, 0.2) is 5.38 Å². The number of hydrogen-bond donors (Lipinski definition) is 1. The normalized spacial score (nSPS) is 11.6. The Morgan fingerprint density at radius 1 is 1.62 bits per heavy atom. The van der Waals surface area contributed by atoms with E-state index in [-0.39, 0.29) is 12.5 Å². The average Bonchev–Trinajstić information content (AvgIpc) is 2.62. The van der Waals surface area contributed by atoms with Gasteiger partial charge in [-0.3, -0.25) is 4.79 Å². The Labute approximate surface area is 99.9 Å². The molecule has 1 N–H and O–H groups in total. The van der Waals surface area contributed by atoms with Crippen molar-refractivity contribution in [3.63, 3.8) is 0 Å². The number of thiazole rings is 1. The van der Waals surface area contributed by atoms with Crippen LogP contribution in [0.4, 0.5) is 0 Å². The van der Waals surface area contributed by atoms with Crippen molar-refractivity contribution in [2.75, 3.05) is 13.7 Å². The zero-order valence-corrected chi connectivity index (χ0v) is 11.0. The summed E-state index contributed by atoms with van der Waals surface area (Å²) in [5.74, 6) is -0.0237. The molecule has 1 aromatic heterocycles. The Morgan fingerprint density at radius 3 is 2.69 bits per heavy atom. The van der Waals surface area contributed by atoms with Gasteiger partial charge in [-0.25, -0.2) is 4.98 Å². The molecule has 0 aliphatic carbocycles. The lowest BCUT2D eigenvalue weighted by molar-refractivity contribution is -0.135. The van der Waals surface area contributed by atoms with Crippen LogP contribution in [-0.4, -0.2) is 40.1 Å². The van der Waals surface area contributed by atoms with Crippen LogP contribution in [0.25, 0.3) is 0 Å². The van der Waals surface area contributed by atoms with E-state index in [0.717, 1.165) is 10.7 Å². The summed E-state index contributed by atoms with van der Waals surface area (Å²) in [4.78, 5) is 17.7. The van der Waals surface area contributed by atoms with E-state index >= 15 is 0 Å². The maximum absolute atomic E-state index is 11.9. The van der Waals surface area contributed by atoms with E-state index in [9.17, 15) is 9.90 Å². The summed E-state index contributed by atoms with van der Waals surface area (Å²) in [5.41, 5.74) is 0.274. The first kappa shape index (κ1) is 13.1. The van der Waals surface area contributed by atoms with Crippen LogP contribution >= 0.6 is 11.3 Å². The monoisotopic (exact) mass is 242 g/mol. The second kappa shape index (κ2) is 4.93. The van der Waals surface area contributed by atoms with E-state index in [0.29, 0.717) is 6.42 Å². The van der Waals surface area contributed by atoms with E-state index in [1.54, 1.807) is 23.3 Å². The van der Waals surface area contributed by atoms with Crippen LogP contribution in [0.2, 0.25) is 0 Å². The minimum Gasteiger partial charge on any atom is -0.394 e. The molecule has 0 bridgehead atoms. The summed E-state index contributed by atoms with van der Waals surface area (Å²) >= 11 is 1.54. The van der Waals surface area contributed by atoms with E-state index in [1.165, 1.54) is 0 Å². The van der Waals surface area contributed by atoms with Gasteiger partial charge < -0.3 is 10.0 Å². The first-order valence-electron chi connectivity index (χ1n) is 5.15. The van der Waals surface area contributed by atoms with Gasteiger partial charge in [0.15, 0.2) is 0 Å². The van der Waals surface area contributed by atoms with Crippen molar-refractivity contribution < 1.29 is 9.90 Å². The minimum absolute atomic E-state index is 0.0237. The Balaban J connectivity index is 2.66. The van der Waals surface area contributed by atoms with Crippen LogP contribution in [0.5, 0.6) is 0 Å². The van der Waals surface area contributed by atoms with Crippen molar-refractivity contribution in [3.05, 3.63) is 16.1 Å².